The fraction of sp³-hybridized carbons (Fsp3) is 0.538. The van der Waals surface area contributed by atoms with Gasteiger partial charge in [0.25, 0.3) is 0 Å². The molecule has 0 aliphatic rings. The Morgan fingerprint density at radius 1 is 0.456 bits per heavy atom. The zero-order valence-electron chi connectivity index (χ0n) is 36.3. The molecule has 7 rings (SSSR count). The molecule has 0 spiro atoms. The maximum Gasteiger partial charge on any atom is 0.196 e. The Morgan fingerprint density at radius 2 is 1.00 bits per heavy atom. The van der Waals surface area contributed by atoms with Crippen LogP contribution >= 0.6 is 0 Å². The van der Waals surface area contributed by atoms with Crippen LogP contribution in [0, 0.1) is 0 Å². The van der Waals surface area contributed by atoms with E-state index in [1.54, 1.807) is 93.8 Å². The van der Waals surface area contributed by atoms with E-state index in [4.69, 9.17) is 4.42 Å². The molecule has 18 nitrogen and oxygen atoms in total. The first-order valence-electron chi connectivity index (χ1n) is 19.2. The summed E-state index contributed by atoms with van der Waals surface area (Å²) in [5.74, 6) is 2.57. The van der Waals surface area contributed by atoms with Crippen molar-refractivity contribution in [1.82, 2.24) is 84.2 Å². The summed E-state index contributed by atoms with van der Waals surface area (Å²) in [6.45, 7) is 28.9. The van der Waals surface area contributed by atoms with E-state index in [1.165, 1.54) is 0 Å². The van der Waals surface area contributed by atoms with E-state index in [0.29, 0.717) is 42.0 Å². The van der Waals surface area contributed by atoms with Gasteiger partial charge in [-0.15, -0.1) is 5.10 Å². The van der Waals surface area contributed by atoms with Gasteiger partial charge < -0.3 is 4.42 Å². The van der Waals surface area contributed by atoms with E-state index < -0.39 is 0 Å². The van der Waals surface area contributed by atoms with Gasteiger partial charge in [0.15, 0.2) is 5.89 Å². The molecule has 0 bridgehead atoms. The molecule has 0 aromatic carbocycles. The third-order valence-electron chi connectivity index (χ3n) is 6.90. The summed E-state index contributed by atoms with van der Waals surface area (Å²) >= 11 is 0. The molecule has 0 atom stereocenters. The van der Waals surface area contributed by atoms with Crippen molar-refractivity contribution in [1.29, 1.82) is 0 Å². The van der Waals surface area contributed by atoms with Crippen LogP contribution in [0.4, 0.5) is 0 Å². The molecule has 0 aliphatic carbocycles. The monoisotopic (exact) mass is 788 g/mol. The van der Waals surface area contributed by atoms with Crippen LogP contribution in [0.25, 0.3) is 0 Å². The normalized spacial score (nSPS) is 10.3. The van der Waals surface area contributed by atoms with Crippen molar-refractivity contribution >= 4 is 0 Å². The van der Waals surface area contributed by atoms with E-state index in [1.807, 2.05) is 56.9 Å². The highest BCUT2D eigenvalue weighted by atomic mass is 16.3. The van der Waals surface area contributed by atoms with Crippen LogP contribution in [0.5, 0.6) is 0 Å². The summed E-state index contributed by atoms with van der Waals surface area (Å²) in [6, 6.07) is 5.91. The standard InChI is InChI=1S/C7H10N2.C6H10N2.C6H9NO.4C5H9N3/c1-6(2)7-8-4-3-5-9-7;1-6(2)8-5-3-4-7-8;1-5(2)6-7-3-4-8-6;2*1-5(2)8-4-6-3-7-8;1-5(2)8-4-3-6-7-8;1-5(2)8-6-3-4-7-8/h3-6H,1-2H3;3-6H,1-2H3;5*3-5H,1-2H3. The van der Waals surface area contributed by atoms with Crippen molar-refractivity contribution in [3.05, 3.63) is 111 Å². The number of oxazole rings is 1. The summed E-state index contributed by atoms with van der Waals surface area (Å²) in [4.78, 5) is 21.3. The molecule has 0 aliphatic heterocycles. The first-order valence-corrected chi connectivity index (χ1v) is 19.2. The average molecular weight is 788 g/mol. The lowest BCUT2D eigenvalue weighted by atomic mass is 10.2. The molecular weight excluding hydrogens is 723 g/mol. The van der Waals surface area contributed by atoms with E-state index in [9.17, 15) is 0 Å². The summed E-state index contributed by atoms with van der Waals surface area (Å²) in [5, 5.41) is 27.2. The van der Waals surface area contributed by atoms with Gasteiger partial charge in [-0.05, 0) is 81.4 Å². The molecule has 0 N–H and O–H groups in total. The third kappa shape index (κ3) is 22.3. The Bertz CT molecular complexity index is 1500. The molecule has 0 radical (unpaired) electrons. The lowest BCUT2D eigenvalue weighted by Gasteiger charge is -2.01. The van der Waals surface area contributed by atoms with Gasteiger partial charge in [0, 0.05) is 67.0 Å². The average Bonchev–Trinajstić information content (AvgIpc) is 4.06. The molecule has 312 valence electrons. The van der Waals surface area contributed by atoms with Gasteiger partial charge in [-0.1, -0.05) is 32.9 Å². The molecule has 0 fully saturated rings. The Morgan fingerprint density at radius 3 is 1.23 bits per heavy atom. The van der Waals surface area contributed by atoms with Crippen LogP contribution in [0.3, 0.4) is 0 Å². The topological polar surface area (TPSA) is 192 Å². The van der Waals surface area contributed by atoms with Crippen molar-refractivity contribution < 1.29 is 4.42 Å². The van der Waals surface area contributed by atoms with E-state index >= 15 is 0 Å². The van der Waals surface area contributed by atoms with Crippen molar-refractivity contribution in [2.75, 3.05) is 0 Å². The van der Waals surface area contributed by atoms with Gasteiger partial charge >= 0.3 is 0 Å². The zero-order valence-corrected chi connectivity index (χ0v) is 36.3. The van der Waals surface area contributed by atoms with Crippen molar-refractivity contribution in [3.63, 3.8) is 0 Å². The summed E-state index contributed by atoms with van der Waals surface area (Å²) in [5.41, 5.74) is 0. The predicted octanol–water partition coefficient (Wildman–Crippen LogP) is 8.30. The second-order valence-electron chi connectivity index (χ2n) is 14.2. The smallest absolute Gasteiger partial charge is 0.196 e. The number of aromatic nitrogens is 17. The first kappa shape index (κ1) is 49.1. The molecular formula is C39H65N17O. The molecule has 0 saturated heterocycles. The van der Waals surface area contributed by atoms with E-state index in [-0.39, 0.29) is 0 Å². The van der Waals surface area contributed by atoms with Crippen LogP contribution in [-0.4, -0.2) is 84.2 Å². The highest BCUT2D eigenvalue weighted by Gasteiger charge is 2.00. The van der Waals surface area contributed by atoms with Crippen molar-refractivity contribution in [2.24, 2.45) is 0 Å². The maximum atomic E-state index is 4.98. The van der Waals surface area contributed by atoms with E-state index in [0.717, 1.165) is 11.7 Å². The van der Waals surface area contributed by atoms with Crippen molar-refractivity contribution in [3.8, 4) is 0 Å². The lowest BCUT2D eigenvalue weighted by molar-refractivity contribution is 0.466. The molecule has 7 heterocycles. The zero-order chi connectivity index (χ0) is 42.6. The number of rotatable bonds is 7. The molecule has 18 heteroatoms. The third-order valence-corrected chi connectivity index (χ3v) is 6.90. The van der Waals surface area contributed by atoms with Gasteiger partial charge in [-0.2, -0.15) is 30.3 Å². The van der Waals surface area contributed by atoms with Crippen LogP contribution in [0.1, 0.15) is 151 Å². The van der Waals surface area contributed by atoms with Crippen LogP contribution in [0.2, 0.25) is 0 Å². The van der Waals surface area contributed by atoms with Gasteiger partial charge in [-0.3, -0.25) is 18.7 Å². The summed E-state index contributed by atoms with van der Waals surface area (Å²) < 4.78 is 12.3. The van der Waals surface area contributed by atoms with Crippen LogP contribution < -0.4 is 0 Å². The number of nitrogens with zero attached hydrogens (tertiary/aromatic N) is 17. The highest BCUT2D eigenvalue weighted by molar-refractivity contribution is 4.93. The quantitative estimate of drug-likeness (QED) is 0.150. The van der Waals surface area contributed by atoms with Gasteiger partial charge in [0.1, 0.15) is 37.4 Å². The fourth-order valence-corrected chi connectivity index (χ4v) is 3.67. The minimum Gasteiger partial charge on any atom is -0.449 e. The Kier molecular flexibility index (Phi) is 24.5. The minimum atomic E-state index is 0.380. The van der Waals surface area contributed by atoms with Crippen LogP contribution in [0.15, 0.2) is 104 Å². The van der Waals surface area contributed by atoms with E-state index in [2.05, 4.69) is 130 Å². The number of hydrogen-bond donors (Lipinski definition) is 0. The second-order valence-corrected chi connectivity index (χ2v) is 14.2. The fourth-order valence-electron chi connectivity index (χ4n) is 3.67. The Hall–Kier alpha value is -5.94. The largest absolute Gasteiger partial charge is 0.449 e. The van der Waals surface area contributed by atoms with Gasteiger partial charge in [0.05, 0.1) is 30.8 Å². The number of hydrogen-bond acceptors (Lipinski definition) is 13. The summed E-state index contributed by atoms with van der Waals surface area (Å²) in [6.07, 6.45) is 23.9. The van der Waals surface area contributed by atoms with Crippen LogP contribution in [-0.2, 0) is 0 Å². The van der Waals surface area contributed by atoms with Gasteiger partial charge in [-0.25, -0.2) is 24.9 Å². The Balaban J connectivity index is 0.000000333. The minimum absolute atomic E-state index is 0.380. The predicted molar refractivity (Wildman–Crippen MR) is 221 cm³/mol. The molecule has 0 amide bonds. The first-order chi connectivity index (χ1) is 27.1. The molecule has 0 unspecified atom stereocenters. The molecule has 7 aromatic heterocycles. The highest BCUT2D eigenvalue weighted by Crippen LogP contribution is 2.09. The summed E-state index contributed by atoms with van der Waals surface area (Å²) in [7, 11) is 0. The SMILES string of the molecule is CC(C)c1ncccn1.CC(C)c1ncco1.CC(C)n1cccn1.CC(C)n1ccnn1.CC(C)n1cncn1.CC(C)n1cncn1.CC(C)n1nccn1. The maximum absolute atomic E-state index is 4.98. The lowest BCUT2D eigenvalue weighted by Crippen LogP contribution is -2.03. The molecule has 7 aromatic rings. The second kappa shape index (κ2) is 28.5. The van der Waals surface area contributed by atoms with Gasteiger partial charge in [0.2, 0.25) is 0 Å². The molecule has 57 heavy (non-hydrogen) atoms. The Labute approximate surface area is 338 Å². The molecule has 0 saturated carbocycles. The van der Waals surface area contributed by atoms with Crippen molar-refractivity contribution in [2.45, 2.75) is 139 Å².